The second-order valence-electron chi connectivity index (χ2n) is 2.14. The fourth-order valence-corrected chi connectivity index (χ4v) is 1.35. The molecule has 0 aliphatic heterocycles. The number of phosphoric acid groups is 1. The van der Waals surface area contributed by atoms with Crippen molar-refractivity contribution in [2.75, 3.05) is 13.2 Å². The maximum Gasteiger partial charge on any atom is 0.472 e. The molecule has 0 aromatic rings. The van der Waals surface area contributed by atoms with Gasteiger partial charge in [0.1, 0.15) is 0 Å². The van der Waals surface area contributed by atoms with E-state index in [9.17, 15) is 4.57 Å². The van der Waals surface area contributed by atoms with Crippen LogP contribution >= 0.6 is 7.82 Å². The third-order valence-corrected chi connectivity index (χ3v) is 1.93. The number of hydrogen-bond acceptors (Lipinski definition) is 3. The molecule has 0 aliphatic carbocycles. The zero-order valence-electron chi connectivity index (χ0n) is 7.95. The van der Waals surface area contributed by atoms with Gasteiger partial charge in [0, 0.05) is 29.6 Å². The summed E-state index contributed by atoms with van der Waals surface area (Å²) < 4.78 is 20.0. The van der Waals surface area contributed by atoms with E-state index >= 15 is 0 Å². The standard InChI is InChI=1S/C6H15O4P.Na/c1-3-5-9-11(7,8)10-6-4-2;/h3-6H2,1-2H3,(H,7,8);. The second-order valence-corrected chi connectivity index (χ2v) is 3.59. The number of phosphoric ester groups is 1. The Hall–Kier alpha value is 1.11. The normalized spacial score (nSPS) is 10.9. The fraction of sp³-hybridized carbons (Fsp3) is 1.00. The van der Waals surface area contributed by atoms with E-state index in [0.717, 1.165) is 0 Å². The van der Waals surface area contributed by atoms with Gasteiger partial charge in [-0.05, 0) is 12.8 Å². The summed E-state index contributed by atoms with van der Waals surface area (Å²) >= 11 is 0. The first-order valence-corrected chi connectivity index (χ1v) is 5.23. The predicted molar refractivity (Wildman–Crippen MR) is 48.1 cm³/mol. The first-order valence-electron chi connectivity index (χ1n) is 3.74. The van der Waals surface area contributed by atoms with Gasteiger partial charge in [0.2, 0.25) is 0 Å². The van der Waals surface area contributed by atoms with Crippen LogP contribution in [0.4, 0.5) is 0 Å². The molecule has 0 aromatic heterocycles. The Morgan fingerprint density at radius 3 is 1.75 bits per heavy atom. The second kappa shape index (κ2) is 8.70. The van der Waals surface area contributed by atoms with Crippen LogP contribution in [0.2, 0.25) is 0 Å². The van der Waals surface area contributed by atoms with Gasteiger partial charge in [-0.15, -0.1) is 0 Å². The maximum atomic E-state index is 10.8. The molecule has 0 spiro atoms. The van der Waals surface area contributed by atoms with Crippen LogP contribution < -0.4 is 0 Å². The van der Waals surface area contributed by atoms with Crippen molar-refractivity contribution in [3.63, 3.8) is 0 Å². The van der Waals surface area contributed by atoms with Crippen molar-refractivity contribution in [1.29, 1.82) is 0 Å². The van der Waals surface area contributed by atoms with Crippen molar-refractivity contribution in [3.05, 3.63) is 0 Å². The zero-order valence-corrected chi connectivity index (χ0v) is 10.8. The molecule has 0 bridgehead atoms. The molecule has 0 fully saturated rings. The van der Waals surface area contributed by atoms with E-state index in [2.05, 4.69) is 9.05 Å². The van der Waals surface area contributed by atoms with Gasteiger partial charge < -0.3 is 4.89 Å². The third-order valence-electron chi connectivity index (χ3n) is 0.917. The summed E-state index contributed by atoms with van der Waals surface area (Å²) in [5.74, 6) is 0. The largest absolute Gasteiger partial charge is 0.472 e. The zero-order chi connectivity index (χ0) is 8.74. The molecule has 0 aromatic carbocycles. The minimum atomic E-state index is -3.73. The molecule has 0 aliphatic rings. The summed E-state index contributed by atoms with van der Waals surface area (Å²) in [5.41, 5.74) is 0. The quantitative estimate of drug-likeness (QED) is 0.528. The van der Waals surface area contributed by atoms with Gasteiger partial charge in [0.05, 0.1) is 13.2 Å². The van der Waals surface area contributed by atoms with Crippen molar-refractivity contribution in [2.45, 2.75) is 26.7 Å². The van der Waals surface area contributed by atoms with Crippen molar-refractivity contribution in [2.24, 2.45) is 0 Å². The summed E-state index contributed by atoms with van der Waals surface area (Å²) in [6.07, 6.45) is 1.42. The minimum absolute atomic E-state index is 0. The monoisotopic (exact) mass is 205 g/mol. The number of hydrogen-bond donors (Lipinski definition) is 1. The van der Waals surface area contributed by atoms with E-state index in [-0.39, 0.29) is 42.8 Å². The van der Waals surface area contributed by atoms with Gasteiger partial charge in [-0.3, -0.25) is 9.05 Å². The Morgan fingerprint density at radius 1 is 1.17 bits per heavy atom. The van der Waals surface area contributed by atoms with Crippen LogP contribution in [-0.2, 0) is 13.6 Å². The average Bonchev–Trinajstić information content (AvgIpc) is 1.97. The average molecular weight is 205 g/mol. The van der Waals surface area contributed by atoms with E-state index in [4.69, 9.17) is 4.89 Å². The molecule has 0 rings (SSSR count). The van der Waals surface area contributed by atoms with Gasteiger partial charge in [0.25, 0.3) is 0 Å². The van der Waals surface area contributed by atoms with Crippen molar-refractivity contribution in [3.8, 4) is 0 Å². The molecule has 6 heteroatoms. The molecule has 0 heterocycles. The van der Waals surface area contributed by atoms with Gasteiger partial charge in [-0.1, -0.05) is 13.8 Å². The minimum Gasteiger partial charge on any atom is -0.302 e. The van der Waals surface area contributed by atoms with Crippen LogP contribution in [-0.4, -0.2) is 47.7 Å². The van der Waals surface area contributed by atoms with E-state index in [0.29, 0.717) is 12.8 Å². The third kappa shape index (κ3) is 9.20. The van der Waals surface area contributed by atoms with Gasteiger partial charge in [-0.2, -0.15) is 0 Å². The Kier molecular flexibility index (Phi) is 11.3. The fourth-order valence-electron chi connectivity index (χ4n) is 0.451. The molecule has 69 valence electrons. The maximum absolute atomic E-state index is 10.8. The first kappa shape index (κ1) is 15.6. The Bertz CT molecular complexity index is 130. The van der Waals surface area contributed by atoms with Crippen molar-refractivity contribution < 1.29 is 18.5 Å². The summed E-state index contributed by atoms with van der Waals surface area (Å²) in [7, 11) is -3.73. The molecule has 0 unspecified atom stereocenters. The molecule has 4 nitrogen and oxygen atoms in total. The van der Waals surface area contributed by atoms with Crippen LogP contribution in [0.25, 0.3) is 0 Å². The Morgan fingerprint density at radius 2 is 1.50 bits per heavy atom. The molecule has 0 saturated carbocycles. The predicted octanol–water partition coefficient (Wildman–Crippen LogP) is 1.56. The summed E-state index contributed by atoms with van der Waals surface area (Å²) in [5, 5.41) is 0. The Labute approximate surface area is 95.5 Å². The topological polar surface area (TPSA) is 55.8 Å². The van der Waals surface area contributed by atoms with Crippen LogP contribution in [0, 0.1) is 0 Å². The van der Waals surface area contributed by atoms with E-state index < -0.39 is 7.82 Å². The van der Waals surface area contributed by atoms with Gasteiger partial charge in [-0.25, -0.2) is 4.57 Å². The van der Waals surface area contributed by atoms with Gasteiger partial charge >= 0.3 is 7.82 Å². The molecule has 1 radical (unpaired) electrons. The molecule has 1 N–H and O–H groups in total. The van der Waals surface area contributed by atoms with Crippen LogP contribution in [0.1, 0.15) is 26.7 Å². The van der Waals surface area contributed by atoms with Crippen molar-refractivity contribution in [1.82, 2.24) is 0 Å². The molecular formula is C6H15NaO4P. The Balaban J connectivity index is 0. The molecule has 0 atom stereocenters. The molecule has 0 amide bonds. The van der Waals surface area contributed by atoms with Crippen LogP contribution in [0.3, 0.4) is 0 Å². The molecule has 0 saturated heterocycles. The summed E-state index contributed by atoms with van der Waals surface area (Å²) in [4.78, 5) is 8.89. The summed E-state index contributed by atoms with van der Waals surface area (Å²) in [6, 6.07) is 0. The van der Waals surface area contributed by atoms with Gasteiger partial charge in [0.15, 0.2) is 0 Å². The number of rotatable bonds is 6. The first-order chi connectivity index (χ1) is 5.12. The molecule has 12 heavy (non-hydrogen) atoms. The van der Waals surface area contributed by atoms with Crippen molar-refractivity contribution >= 4 is 37.4 Å². The molecular weight excluding hydrogens is 190 g/mol. The summed E-state index contributed by atoms with van der Waals surface area (Å²) in [6.45, 7) is 4.24. The van der Waals surface area contributed by atoms with Crippen LogP contribution in [0.5, 0.6) is 0 Å². The van der Waals surface area contributed by atoms with E-state index in [1.54, 1.807) is 0 Å². The van der Waals surface area contributed by atoms with E-state index in [1.807, 2.05) is 13.8 Å². The van der Waals surface area contributed by atoms with Crippen LogP contribution in [0.15, 0.2) is 0 Å². The SMILES string of the molecule is CCCOP(=O)(O)OCCC.[Na]. The van der Waals surface area contributed by atoms with E-state index in [1.165, 1.54) is 0 Å². The smallest absolute Gasteiger partial charge is 0.302 e.